The Labute approximate surface area is 172 Å². The number of hydrogen-bond donors (Lipinski definition) is 0. The van der Waals surface area contributed by atoms with Crippen molar-refractivity contribution in [3.8, 4) is 17.0 Å². The number of aromatic nitrogens is 1. The fourth-order valence-electron chi connectivity index (χ4n) is 3.99. The molecule has 1 saturated heterocycles. The van der Waals surface area contributed by atoms with E-state index in [9.17, 15) is 4.79 Å². The zero-order chi connectivity index (χ0) is 20.1. The molecule has 3 aromatic rings. The SMILES string of the molecule is CC(Oc1ccccn1)C1CCCCN1C(=O)c1ccc(-c2ccccc2)cc1. The van der Waals surface area contributed by atoms with Crippen LogP contribution in [0.1, 0.15) is 36.5 Å². The van der Waals surface area contributed by atoms with Gasteiger partial charge < -0.3 is 9.64 Å². The molecule has 148 valence electrons. The zero-order valence-corrected chi connectivity index (χ0v) is 16.7. The van der Waals surface area contributed by atoms with E-state index in [-0.39, 0.29) is 18.1 Å². The fourth-order valence-corrected chi connectivity index (χ4v) is 3.99. The van der Waals surface area contributed by atoms with E-state index in [4.69, 9.17) is 4.74 Å². The number of piperidine rings is 1. The van der Waals surface area contributed by atoms with Gasteiger partial charge in [-0.3, -0.25) is 4.79 Å². The van der Waals surface area contributed by atoms with Gasteiger partial charge in [0.25, 0.3) is 5.91 Å². The lowest BCUT2D eigenvalue weighted by Crippen LogP contribution is -2.50. The summed E-state index contributed by atoms with van der Waals surface area (Å²) in [6.07, 6.45) is 4.69. The molecule has 0 radical (unpaired) electrons. The topological polar surface area (TPSA) is 42.4 Å². The van der Waals surface area contributed by atoms with Crippen LogP contribution in [0.5, 0.6) is 5.88 Å². The molecule has 4 heteroatoms. The van der Waals surface area contributed by atoms with E-state index in [0.717, 1.165) is 42.5 Å². The molecule has 4 rings (SSSR count). The maximum absolute atomic E-state index is 13.3. The Morgan fingerprint density at radius 1 is 0.966 bits per heavy atom. The highest BCUT2D eigenvalue weighted by molar-refractivity contribution is 5.95. The molecule has 2 atom stereocenters. The van der Waals surface area contributed by atoms with Crippen LogP contribution in [0.25, 0.3) is 11.1 Å². The quantitative estimate of drug-likeness (QED) is 0.604. The third-order valence-corrected chi connectivity index (χ3v) is 5.54. The third kappa shape index (κ3) is 4.48. The number of nitrogens with zero attached hydrogens (tertiary/aromatic N) is 2. The molecule has 1 aromatic heterocycles. The Balaban J connectivity index is 1.49. The molecule has 0 aliphatic carbocycles. The largest absolute Gasteiger partial charge is 0.472 e. The molecule has 0 spiro atoms. The second kappa shape index (κ2) is 8.91. The van der Waals surface area contributed by atoms with Crippen molar-refractivity contribution in [3.63, 3.8) is 0 Å². The van der Waals surface area contributed by atoms with Crippen molar-refractivity contribution in [3.05, 3.63) is 84.6 Å². The Bertz CT molecular complexity index is 926. The van der Waals surface area contributed by atoms with Crippen molar-refractivity contribution in [1.29, 1.82) is 0 Å². The molecule has 2 heterocycles. The van der Waals surface area contributed by atoms with Crippen LogP contribution in [0, 0.1) is 0 Å². The second-order valence-corrected chi connectivity index (χ2v) is 7.50. The van der Waals surface area contributed by atoms with Gasteiger partial charge in [0.05, 0.1) is 6.04 Å². The van der Waals surface area contributed by atoms with Crippen molar-refractivity contribution >= 4 is 5.91 Å². The summed E-state index contributed by atoms with van der Waals surface area (Å²) in [5, 5.41) is 0. The van der Waals surface area contributed by atoms with Crippen molar-refractivity contribution in [1.82, 2.24) is 9.88 Å². The Kier molecular flexibility index (Phi) is 5.89. The maximum Gasteiger partial charge on any atom is 0.254 e. The van der Waals surface area contributed by atoms with Crippen LogP contribution >= 0.6 is 0 Å². The number of benzene rings is 2. The number of pyridine rings is 1. The van der Waals surface area contributed by atoms with Gasteiger partial charge >= 0.3 is 0 Å². The summed E-state index contributed by atoms with van der Waals surface area (Å²) in [4.78, 5) is 19.5. The fraction of sp³-hybridized carbons (Fsp3) is 0.280. The summed E-state index contributed by atoms with van der Waals surface area (Å²) in [5.74, 6) is 0.677. The highest BCUT2D eigenvalue weighted by Gasteiger charge is 2.32. The van der Waals surface area contributed by atoms with E-state index < -0.39 is 0 Å². The summed E-state index contributed by atoms with van der Waals surface area (Å²) < 4.78 is 6.04. The molecule has 1 aliphatic rings. The zero-order valence-electron chi connectivity index (χ0n) is 16.7. The predicted molar refractivity (Wildman–Crippen MR) is 115 cm³/mol. The smallest absolute Gasteiger partial charge is 0.254 e. The Morgan fingerprint density at radius 3 is 2.41 bits per heavy atom. The lowest BCUT2D eigenvalue weighted by molar-refractivity contribution is 0.0342. The second-order valence-electron chi connectivity index (χ2n) is 7.50. The molecule has 0 N–H and O–H groups in total. The highest BCUT2D eigenvalue weighted by atomic mass is 16.5. The van der Waals surface area contributed by atoms with Gasteiger partial charge in [-0.25, -0.2) is 4.98 Å². The van der Waals surface area contributed by atoms with E-state index >= 15 is 0 Å². The molecule has 2 unspecified atom stereocenters. The van der Waals surface area contributed by atoms with Crippen LogP contribution in [-0.4, -0.2) is 34.5 Å². The van der Waals surface area contributed by atoms with E-state index in [2.05, 4.69) is 17.1 Å². The van der Waals surface area contributed by atoms with E-state index in [1.165, 1.54) is 0 Å². The molecule has 1 amide bonds. The van der Waals surface area contributed by atoms with Crippen LogP contribution in [0.2, 0.25) is 0 Å². The molecule has 1 aliphatic heterocycles. The first-order valence-corrected chi connectivity index (χ1v) is 10.3. The summed E-state index contributed by atoms with van der Waals surface area (Å²) in [6.45, 7) is 2.79. The standard InChI is InChI=1S/C25H26N2O2/c1-19(29-24-12-5-7-17-26-24)23-11-6-8-18-27(23)25(28)22-15-13-21(14-16-22)20-9-3-2-4-10-20/h2-5,7,9-10,12-17,19,23H,6,8,11,18H2,1H3. The number of carbonyl (C=O) groups excluding carboxylic acids is 1. The first-order valence-electron chi connectivity index (χ1n) is 10.3. The van der Waals surface area contributed by atoms with Crippen molar-refractivity contribution in [2.45, 2.75) is 38.3 Å². The normalized spacial score (nSPS) is 17.6. The third-order valence-electron chi connectivity index (χ3n) is 5.54. The minimum Gasteiger partial charge on any atom is -0.472 e. The average Bonchev–Trinajstić information content (AvgIpc) is 2.80. The van der Waals surface area contributed by atoms with Gasteiger partial charge in [-0.15, -0.1) is 0 Å². The summed E-state index contributed by atoms with van der Waals surface area (Å²) >= 11 is 0. The van der Waals surface area contributed by atoms with E-state index in [1.807, 2.05) is 72.5 Å². The van der Waals surface area contributed by atoms with Crippen molar-refractivity contribution < 1.29 is 9.53 Å². The van der Waals surface area contributed by atoms with E-state index in [0.29, 0.717) is 5.88 Å². The lowest BCUT2D eigenvalue weighted by Gasteiger charge is -2.39. The number of amides is 1. The Hall–Kier alpha value is -3.14. The van der Waals surface area contributed by atoms with Gasteiger partial charge in [0, 0.05) is 24.4 Å². The van der Waals surface area contributed by atoms with Crippen LogP contribution in [0.4, 0.5) is 0 Å². The molecule has 4 nitrogen and oxygen atoms in total. The number of hydrogen-bond acceptors (Lipinski definition) is 3. The van der Waals surface area contributed by atoms with Gasteiger partial charge in [-0.1, -0.05) is 48.5 Å². The molecule has 2 aromatic carbocycles. The molecule has 0 saturated carbocycles. The van der Waals surface area contributed by atoms with Crippen LogP contribution < -0.4 is 4.74 Å². The van der Waals surface area contributed by atoms with Crippen LogP contribution in [0.15, 0.2) is 79.0 Å². The monoisotopic (exact) mass is 386 g/mol. The maximum atomic E-state index is 13.3. The number of likely N-dealkylation sites (tertiary alicyclic amines) is 1. The summed E-state index contributed by atoms with van der Waals surface area (Å²) in [5.41, 5.74) is 2.99. The molecule has 29 heavy (non-hydrogen) atoms. The van der Waals surface area contributed by atoms with Gasteiger partial charge in [0.15, 0.2) is 0 Å². The van der Waals surface area contributed by atoms with Crippen LogP contribution in [-0.2, 0) is 0 Å². The average molecular weight is 386 g/mol. The van der Waals surface area contributed by atoms with Gasteiger partial charge in [-0.2, -0.15) is 0 Å². The Morgan fingerprint density at radius 2 is 1.69 bits per heavy atom. The molecule has 1 fully saturated rings. The minimum absolute atomic E-state index is 0.0482. The molecular weight excluding hydrogens is 360 g/mol. The predicted octanol–water partition coefficient (Wildman–Crippen LogP) is 5.21. The van der Waals surface area contributed by atoms with Crippen LogP contribution in [0.3, 0.4) is 0 Å². The van der Waals surface area contributed by atoms with Crippen molar-refractivity contribution in [2.75, 3.05) is 6.54 Å². The van der Waals surface area contributed by atoms with Gasteiger partial charge in [0.1, 0.15) is 6.10 Å². The number of ether oxygens (including phenoxy) is 1. The van der Waals surface area contributed by atoms with E-state index in [1.54, 1.807) is 6.20 Å². The van der Waals surface area contributed by atoms with Crippen molar-refractivity contribution in [2.24, 2.45) is 0 Å². The first-order chi connectivity index (χ1) is 14.2. The van der Waals surface area contributed by atoms with Gasteiger partial charge in [-0.05, 0) is 55.5 Å². The summed E-state index contributed by atoms with van der Waals surface area (Å²) in [7, 11) is 0. The summed E-state index contributed by atoms with van der Waals surface area (Å²) in [6, 6.07) is 23.8. The highest BCUT2D eigenvalue weighted by Crippen LogP contribution is 2.26. The number of carbonyl (C=O) groups is 1. The lowest BCUT2D eigenvalue weighted by atomic mass is 9.96. The minimum atomic E-state index is -0.113. The molecular formula is C25H26N2O2. The molecule has 0 bridgehead atoms. The first kappa shape index (κ1) is 19.2. The van der Waals surface area contributed by atoms with Gasteiger partial charge in [0.2, 0.25) is 5.88 Å². The number of rotatable bonds is 5.